The molecule has 2 aliphatic rings. The zero-order chi connectivity index (χ0) is 74.7. The highest BCUT2D eigenvalue weighted by molar-refractivity contribution is 7.31. The standard InChI is InChI=1S/C96H114N4S6/c1-17-21-25-29-33-61-49-50-101-89(61)79-45-46-80(102-79)90-62(34-30-26-22-18-2)55-83(104-90)84-56-63(35-31-27-23-19-3)91(105-84)81-47-48-82(103-81)92-64(36-32-28-24-20-4)57-85(106-92)88-77-43-41-75(99-77)86(65-51-67(93(5,6)7)58-68(52-65)94(8,9)10)73-39-37-71(97-73)60-72-38-40-74(98-72)87(76-42-44-78(88)100-76)66-53-69(95(11,12)13)59-70(54-66)96(14,15)16/h37-60,97,100H,17-36H2,1-16H3. The lowest BCUT2D eigenvalue weighted by Gasteiger charge is -2.26. The van der Waals surface area contributed by atoms with Gasteiger partial charge in [0, 0.05) is 92.4 Å². The van der Waals surface area contributed by atoms with Gasteiger partial charge in [0.1, 0.15) is 0 Å². The number of H-pyrrole nitrogens is 2. The maximum absolute atomic E-state index is 5.93. The smallest absolute Gasteiger partial charge is 0.0745 e. The molecular formula is C96H114N4S6. The lowest BCUT2D eigenvalue weighted by atomic mass is 9.78. The minimum absolute atomic E-state index is 0.0813. The van der Waals surface area contributed by atoms with Gasteiger partial charge in [-0.05, 0) is 237 Å². The second-order valence-corrected chi connectivity index (χ2v) is 40.4. The third-order valence-corrected chi connectivity index (χ3v) is 29.0. The monoisotopic (exact) mass is 1510 g/mol. The summed E-state index contributed by atoms with van der Waals surface area (Å²) >= 11 is 12.0. The van der Waals surface area contributed by atoms with E-state index in [9.17, 15) is 0 Å². The average molecular weight is 1520 g/mol. The number of fused-ring (bicyclic) bond motifs is 8. The summed E-state index contributed by atoms with van der Waals surface area (Å²) in [5, 5.41) is 2.32. The first kappa shape index (κ1) is 77.4. The zero-order valence-electron chi connectivity index (χ0n) is 66.3. The van der Waals surface area contributed by atoms with Crippen molar-refractivity contribution in [2.45, 2.75) is 261 Å². The van der Waals surface area contributed by atoms with Gasteiger partial charge in [-0.25, -0.2) is 9.97 Å². The molecule has 2 aromatic carbocycles. The molecule has 554 valence electrons. The predicted octanol–water partition coefficient (Wildman–Crippen LogP) is 32.0. The van der Waals surface area contributed by atoms with Crippen molar-refractivity contribution in [3.63, 3.8) is 0 Å². The van der Waals surface area contributed by atoms with Crippen molar-refractivity contribution in [3.8, 4) is 81.5 Å². The molecule has 10 heteroatoms. The molecule has 106 heavy (non-hydrogen) atoms. The van der Waals surface area contributed by atoms with E-state index in [-0.39, 0.29) is 21.7 Å². The van der Waals surface area contributed by atoms with Crippen LogP contribution in [0.2, 0.25) is 0 Å². The first-order chi connectivity index (χ1) is 50.8. The Labute approximate surface area is 659 Å². The van der Waals surface area contributed by atoms with Crippen LogP contribution < -0.4 is 0 Å². The Morgan fingerprint density at radius 3 is 1.11 bits per heavy atom. The molecule has 0 saturated heterocycles. The number of benzene rings is 2. The van der Waals surface area contributed by atoms with Gasteiger partial charge < -0.3 is 9.97 Å². The van der Waals surface area contributed by atoms with Crippen LogP contribution in [0.3, 0.4) is 0 Å². The topological polar surface area (TPSA) is 57.4 Å². The quantitative estimate of drug-likeness (QED) is 0.0480. The number of aromatic nitrogens is 4. The second-order valence-electron chi connectivity index (χ2n) is 34.2. The SMILES string of the molecule is CCCCCCc1ccsc1-c1ccc(-c2sc(-c3cc(CCCCCC)c(-c4ccc(-c5sc(-c6c7nc(c(-c8cc(C(C)(C)C)cc(C(C)(C)C)c8)c8ccc(cc9nc(c(-c%10cc(C(C)(C)C)cc(C(C)(C)C)c%10)c%10ccc6[nH]%10)C=C9)[nH]8)C=C7)cc5CCCCCC)s4)s3)cc2CCCCCC)s1. The maximum atomic E-state index is 5.93. The first-order valence-electron chi connectivity index (χ1n) is 40.0. The number of rotatable bonds is 28. The van der Waals surface area contributed by atoms with Gasteiger partial charge in [0.25, 0.3) is 0 Å². The van der Waals surface area contributed by atoms with E-state index < -0.39 is 0 Å². The molecule has 0 spiro atoms. The fourth-order valence-electron chi connectivity index (χ4n) is 15.0. The summed E-state index contributed by atoms with van der Waals surface area (Å²) < 4.78 is 0. The van der Waals surface area contributed by atoms with Crippen LogP contribution in [-0.4, -0.2) is 19.9 Å². The van der Waals surface area contributed by atoms with Crippen molar-refractivity contribution >= 4 is 114 Å². The number of nitrogens with one attached hydrogen (secondary N) is 2. The van der Waals surface area contributed by atoms with Gasteiger partial charge in [-0.2, -0.15) is 0 Å². The number of hydrogen-bond acceptors (Lipinski definition) is 8. The number of unbranched alkanes of at least 4 members (excludes halogenated alkanes) is 12. The summed E-state index contributed by atoms with van der Waals surface area (Å²) in [6, 6.07) is 45.8. The van der Waals surface area contributed by atoms with Crippen molar-refractivity contribution in [2.75, 3.05) is 0 Å². The third kappa shape index (κ3) is 17.8. The summed E-state index contributed by atoms with van der Waals surface area (Å²) in [5.74, 6) is 0. The van der Waals surface area contributed by atoms with Crippen LogP contribution in [0.15, 0.2) is 121 Å². The van der Waals surface area contributed by atoms with Crippen LogP contribution in [0.4, 0.5) is 0 Å². The molecule has 0 amide bonds. The average Bonchev–Trinajstić information content (AvgIpc) is 1.51. The Kier molecular flexibility index (Phi) is 24.3. The predicted molar refractivity (Wildman–Crippen MR) is 476 cm³/mol. The summed E-state index contributed by atoms with van der Waals surface area (Å²) in [6.45, 7) is 37.3. The van der Waals surface area contributed by atoms with Crippen LogP contribution in [0.25, 0.3) is 128 Å². The molecule has 0 aliphatic carbocycles. The highest BCUT2D eigenvalue weighted by Gasteiger charge is 2.29. The molecule has 2 N–H and O–H groups in total. The van der Waals surface area contributed by atoms with E-state index in [1.54, 1.807) is 0 Å². The summed E-state index contributed by atoms with van der Waals surface area (Å²) in [7, 11) is 0. The van der Waals surface area contributed by atoms with Gasteiger partial charge in [0.05, 0.1) is 22.8 Å². The number of aromatic amines is 2. The highest BCUT2D eigenvalue weighted by Crippen LogP contribution is 2.52. The van der Waals surface area contributed by atoms with Gasteiger partial charge in [-0.1, -0.05) is 224 Å². The van der Waals surface area contributed by atoms with E-state index >= 15 is 0 Å². The van der Waals surface area contributed by atoms with Gasteiger partial charge >= 0.3 is 0 Å². The lowest BCUT2D eigenvalue weighted by Crippen LogP contribution is -2.16. The molecule has 0 fully saturated rings. The minimum Gasteiger partial charge on any atom is -0.355 e. The van der Waals surface area contributed by atoms with Crippen molar-refractivity contribution in [3.05, 3.63) is 188 Å². The molecule has 11 heterocycles. The summed E-state index contributed by atoms with van der Waals surface area (Å²) in [4.78, 5) is 35.0. The molecule has 4 nitrogen and oxygen atoms in total. The van der Waals surface area contributed by atoms with Crippen LogP contribution in [0, 0.1) is 0 Å². The molecule has 0 saturated carbocycles. The maximum Gasteiger partial charge on any atom is 0.0745 e. The lowest BCUT2D eigenvalue weighted by molar-refractivity contribution is 0.568. The number of thiophene rings is 6. The van der Waals surface area contributed by atoms with E-state index in [4.69, 9.17) is 9.97 Å². The Morgan fingerprint density at radius 2 is 0.670 bits per heavy atom. The third-order valence-electron chi connectivity index (χ3n) is 21.5. The fourth-order valence-corrected chi connectivity index (χ4v) is 22.3. The molecule has 2 aliphatic heterocycles. The van der Waals surface area contributed by atoms with Crippen LogP contribution in [-0.2, 0) is 47.3 Å². The number of aryl methyl sites for hydroxylation is 4. The van der Waals surface area contributed by atoms with Gasteiger partial charge in [-0.15, -0.1) is 68.0 Å². The van der Waals surface area contributed by atoms with Crippen molar-refractivity contribution in [1.29, 1.82) is 0 Å². The molecule has 9 aromatic heterocycles. The highest BCUT2D eigenvalue weighted by atomic mass is 32.1. The van der Waals surface area contributed by atoms with Crippen LogP contribution in [0.5, 0.6) is 0 Å². The summed E-state index contributed by atoms with van der Waals surface area (Å²) in [6.07, 6.45) is 33.4. The molecule has 13 rings (SSSR count). The first-order valence-corrected chi connectivity index (χ1v) is 44.9. The Bertz CT molecular complexity index is 4990. The molecule has 11 aromatic rings. The largest absolute Gasteiger partial charge is 0.355 e. The molecule has 8 bridgehead atoms. The fraction of sp³-hybridized carbons (Fsp3) is 0.417. The van der Waals surface area contributed by atoms with E-state index in [1.807, 2.05) is 68.0 Å². The Hall–Kier alpha value is -6.76. The number of hydrogen-bond donors (Lipinski definition) is 2. The Morgan fingerprint density at radius 1 is 0.302 bits per heavy atom. The summed E-state index contributed by atoms with van der Waals surface area (Å²) in [5.41, 5.74) is 24.4. The van der Waals surface area contributed by atoms with Crippen molar-refractivity contribution < 1.29 is 0 Å². The molecule has 0 unspecified atom stereocenters. The van der Waals surface area contributed by atoms with Gasteiger partial charge in [0.15, 0.2) is 0 Å². The van der Waals surface area contributed by atoms with Gasteiger partial charge in [-0.3, -0.25) is 0 Å². The van der Waals surface area contributed by atoms with Crippen molar-refractivity contribution in [1.82, 2.24) is 19.9 Å². The van der Waals surface area contributed by atoms with Gasteiger partial charge in [0.2, 0.25) is 0 Å². The van der Waals surface area contributed by atoms with E-state index in [0.717, 1.165) is 98.3 Å². The molecule has 0 atom stereocenters. The molecule has 0 radical (unpaired) electrons. The minimum atomic E-state index is -0.0813. The number of nitrogens with zero attached hydrogens (tertiary/aromatic N) is 2. The van der Waals surface area contributed by atoms with Crippen LogP contribution in [0.1, 0.15) is 281 Å². The second kappa shape index (κ2) is 33.2. The normalized spacial score (nSPS) is 12.8. The van der Waals surface area contributed by atoms with E-state index in [1.165, 1.54) is 201 Å². The van der Waals surface area contributed by atoms with Crippen molar-refractivity contribution in [2.24, 2.45) is 0 Å². The van der Waals surface area contributed by atoms with Crippen LogP contribution >= 0.6 is 68.0 Å². The Balaban J connectivity index is 0.988. The zero-order valence-corrected chi connectivity index (χ0v) is 71.2. The molecular weight excluding hydrogens is 1400 g/mol. The van der Waals surface area contributed by atoms with E-state index in [2.05, 4.69) is 266 Å². The van der Waals surface area contributed by atoms with E-state index in [0.29, 0.717) is 0 Å².